The summed E-state index contributed by atoms with van der Waals surface area (Å²) in [5, 5.41) is 2.99. The molecule has 2 aromatic carbocycles. The molecule has 0 aliphatic rings. The fourth-order valence-electron chi connectivity index (χ4n) is 2.90. The molecule has 0 saturated heterocycles. The number of nitrogens with zero attached hydrogens (tertiary/aromatic N) is 1. The number of carbonyl (C=O) groups is 2. The van der Waals surface area contributed by atoms with Crippen molar-refractivity contribution >= 4 is 11.8 Å². The minimum atomic E-state index is -0.564. The van der Waals surface area contributed by atoms with Gasteiger partial charge in [0.1, 0.15) is 11.8 Å². The number of amides is 2. The van der Waals surface area contributed by atoms with Gasteiger partial charge >= 0.3 is 0 Å². The topological polar surface area (TPSA) is 58.6 Å². The van der Waals surface area contributed by atoms with Gasteiger partial charge in [-0.1, -0.05) is 55.5 Å². The Morgan fingerprint density at radius 2 is 1.57 bits per heavy atom. The molecule has 0 fully saturated rings. The van der Waals surface area contributed by atoms with E-state index >= 15 is 0 Å². The van der Waals surface area contributed by atoms with Crippen molar-refractivity contribution in [2.75, 3.05) is 6.61 Å². The van der Waals surface area contributed by atoms with Gasteiger partial charge in [-0.3, -0.25) is 9.59 Å². The second-order valence-corrected chi connectivity index (χ2v) is 7.77. The van der Waals surface area contributed by atoms with E-state index in [2.05, 4.69) is 5.32 Å². The van der Waals surface area contributed by atoms with Crippen LogP contribution in [-0.4, -0.2) is 34.9 Å². The van der Waals surface area contributed by atoms with Crippen LogP contribution in [0.4, 0.5) is 0 Å². The van der Waals surface area contributed by atoms with E-state index in [1.54, 1.807) is 17.0 Å². The second-order valence-electron chi connectivity index (χ2n) is 7.77. The molecule has 2 aromatic rings. The summed E-state index contributed by atoms with van der Waals surface area (Å²) in [7, 11) is 0. The monoisotopic (exact) mass is 382 g/mol. The molecule has 28 heavy (non-hydrogen) atoms. The SMILES string of the molecule is CC[C@@H](C(=O)NC(C)(C)C)N(Cc1ccccc1)C(=O)COc1ccccc1. The van der Waals surface area contributed by atoms with Crippen LogP contribution in [0.2, 0.25) is 0 Å². The first-order valence-electron chi connectivity index (χ1n) is 9.63. The van der Waals surface area contributed by atoms with Crippen molar-refractivity contribution in [3.8, 4) is 5.75 Å². The summed E-state index contributed by atoms with van der Waals surface area (Å²) < 4.78 is 5.64. The molecule has 0 aliphatic carbocycles. The zero-order valence-corrected chi connectivity index (χ0v) is 17.1. The predicted octanol–water partition coefficient (Wildman–Crippen LogP) is 3.79. The highest BCUT2D eigenvalue weighted by atomic mass is 16.5. The van der Waals surface area contributed by atoms with Gasteiger partial charge in [0.15, 0.2) is 6.61 Å². The van der Waals surface area contributed by atoms with Crippen molar-refractivity contribution in [3.05, 3.63) is 66.2 Å². The Morgan fingerprint density at radius 3 is 2.11 bits per heavy atom. The number of hydrogen-bond donors (Lipinski definition) is 1. The Labute approximate surface area is 167 Å². The lowest BCUT2D eigenvalue weighted by Gasteiger charge is -2.33. The van der Waals surface area contributed by atoms with Crippen LogP contribution in [0.3, 0.4) is 0 Å². The lowest BCUT2D eigenvalue weighted by Crippen LogP contribution is -2.54. The highest BCUT2D eigenvalue weighted by Crippen LogP contribution is 2.15. The predicted molar refractivity (Wildman–Crippen MR) is 111 cm³/mol. The quantitative estimate of drug-likeness (QED) is 0.756. The molecule has 0 unspecified atom stereocenters. The molecule has 0 heterocycles. The van der Waals surface area contributed by atoms with Crippen molar-refractivity contribution in [3.63, 3.8) is 0 Å². The largest absolute Gasteiger partial charge is 0.484 e. The highest BCUT2D eigenvalue weighted by molar-refractivity contribution is 5.88. The zero-order chi connectivity index (χ0) is 20.6. The normalized spacial score (nSPS) is 12.1. The molecule has 2 rings (SSSR count). The van der Waals surface area contributed by atoms with Crippen molar-refractivity contribution in [2.45, 2.75) is 52.2 Å². The molecule has 150 valence electrons. The molecule has 0 radical (unpaired) electrons. The number of ether oxygens (including phenoxy) is 1. The molecule has 0 spiro atoms. The first-order chi connectivity index (χ1) is 13.3. The molecule has 0 aliphatic heterocycles. The maximum Gasteiger partial charge on any atom is 0.261 e. The summed E-state index contributed by atoms with van der Waals surface area (Å²) in [4.78, 5) is 27.5. The molecule has 1 N–H and O–H groups in total. The van der Waals surface area contributed by atoms with Crippen LogP contribution in [0.15, 0.2) is 60.7 Å². The van der Waals surface area contributed by atoms with Gasteiger partial charge in [0, 0.05) is 12.1 Å². The molecule has 2 amide bonds. The Balaban J connectivity index is 2.19. The standard InChI is InChI=1S/C23H30N2O3/c1-5-20(22(27)24-23(2,3)4)25(16-18-12-8-6-9-13-18)21(26)17-28-19-14-10-7-11-15-19/h6-15,20H,5,16-17H2,1-4H3,(H,24,27)/t20-/m0/s1. The lowest BCUT2D eigenvalue weighted by atomic mass is 10.1. The van der Waals surface area contributed by atoms with E-state index in [1.807, 2.05) is 76.2 Å². The van der Waals surface area contributed by atoms with E-state index in [-0.39, 0.29) is 24.0 Å². The van der Waals surface area contributed by atoms with E-state index in [4.69, 9.17) is 4.74 Å². The molecular weight excluding hydrogens is 352 g/mol. The van der Waals surface area contributed by atoms with Gasteiger partial charge in [0.25, 0.3) is 5.91 Å². The van der Waals surface area contributed by atoms with Crippen LogP contribution in [0.5, 0.6) is 5.75 Å². The Hall–Kier alpha value is -2.82. The van der Waals surface area contributed by atoms with Gasteiger partial charge in [-0.2, -0.15) is 0 Å². The average Bonchev–Trinajstić information content (AvgIpc) is 2.66. The molecule has 1 atom stereocenters. The van der Waals surface area contributed by atoms with Crippen LogP contribution < -0.4 is 10.1 Å². The summed E-state index contributed by atoms with van der Waals surface area (Å²) in [6, 6.07) is 18.3. The van der Waals surface area contributed by atoms with Crippen molar-refractivity contribution in [1.82, 2.24) is 10.2 Å². The molecule has 0 aromatic heterocycles. The average molecular weight is 383 g/mol. The number of carbonyl (C=O) groups excluding carboxylic acids is 2. The minimum Gasteiger partial charge on any atom is -0.484 e. The van der Waals surface area contributed by atoms with Gasteiger partial charge < -0.3 is 15.0 Å². The Kier molecular flexibility index (Phi) is 7.61. The molecule has 5 heteroatoms. The fourth-order valence-corrected chi connectivity index (χ4v) is 2.90. The van der Waals surface area contributed by atoms with E-state index < -0.39 is 6.04 Å². The van der Waals surface area contributed by atoms with Gasteiger partial charge in [-0.25, -0.2) is 0 Å². The van der Waals surface area contributed by atoms with E-state index in [0.717, 1.165) is 5.56 Å². The van der Waals surface area contributed by atoms with E-state index in [0.29, 0.717) is 18.7 Å². The zero-order valence-electron chi connectivity index (χ0n) is 17.1. The third kappa shape index (κ3) is 6.72. The van der Waals surface area contributed by atoms with Crippen LogP contribution >= 0.6 is 0 Å². The molecule has 0 saturated carbocycles. The van der Waals surface area contributed by atoms with Crippen LogP contribution in [-0.2, 0) is 16.1 Å². The summed E-state index contributed by atoms with van der Waals surface area (Å²) in [6.45, 7) is 7.94. The molecule has 0 bridgehead atoms. The van der Waals surface area contributed by atoms with Gasteiger partial charge in [-0.15, -0.1) is 0 Å². The third-order valence-corrected chi connectivity index (χ3v) is 4.19. The van der Waals surface area contributed by atoms with Gasteiger partial charge in [0.05, 0.1) is 0 Å². The maximum absolute atomic E-state index is 13.0. The van der Waals surface area contributed by atoms with Crippen molar-refractivity contribution < 1.29 is 14.3 Å². The molecular formula is C23H30N2O3. The fraction of sp³-hybridized carbons (Fsp3) is 0.391. The number of hydrogen-bond acceptors (Lipinski definition) is 3. The molecule has 5 nitrogen and oxygen atoms in total. The first-order valence-corrected chi connectivity index (χ1v) is 9.63. The van der Waals surface area contributed by atoms with Crippen molar-refractivity contribution in [1.29, 1.82) is 0 Å². The van der Waals surface area contributed by atoms with Gasteiger partial charge in [-0.05, 0) is 44.9 Å². The summed E-state index contributed by atoms with van der Waals surface area (Å²) in [6.07, 6.45) is 0.520. The van der Waals surface area contributed by atoms with Crippen LogP contribution in [0, 0.1) is 0 Å². The van der Waals surface area contributed by atoms with E-state index in [9.17, 15) is 9.59 Å². The summed E-state index contributed by atoms with van der Waals surface area (Å²) in [5.74, 6) is 0.255. The third-order valence-electron chi connectivity index (χ3n) is 4.19. The van der Waals surface area contributed by atoms with Crippen LogP contribution in [0.25, 0.3) is 0 Å². The lowest BCUT2D eigenvalue weighted by molar-refractivity contribution is -0.143. The van der Waals surface area contributed by atoms with Crippen LogP contribution in [0.1, 0.15) is 39.7 Å². The number of rotatable bonds is 8. The van der Waals surface area contributed by atoms with Gasteiger partial charge in [0.2, 0.25) is 5.91 Å². The first kappa shape index (κ1) is 21.5. The highest BCUT2D eigenvalue weighted by Gasteiger charge is 2.30. The minimum absolute atomic E-state index is 0.115. The number of para-hydroxylation sites is 1. The summed E-state index contributed by atoms with van der Waals surface area (Å²) >= 11 is 0. The summed E-state index contributed by atoms with van der Waals surface area (Å²) in [5.41, 5.74) is 0.601. The maximum atomic E-state index is 13.0. The Bertz CT molecular complexity index is 754. The smallest absolute Gasteiger partial charge is 0.261 e. The number of nitrogens with one attached hydrogen (secondary N) is 1. The number of benzene rings is 2. The van der Waals surface area contributed by atoms with Crippen molar-refractivity contribution in [2.24, 2.45) is 0 Å². The van der Waals surface area contributed by atoms with E-state index in [1.165, 1.54) is 0 Å². The second kappa shape index (κ2) is 9.93. The Morgan fingerprint density at radius 1 is 1.00 bits per heavy atom.